The molecule has 0 aromatic heterocycles. The van der Waals surface area contributed by atoms with Gasteiger partial charge < -0.3 is 9.47 Å². The zero-order chi connectivity index (χ0) is 15.5. The first-order valence-electron chi connectivity index (χ1n) is 7.67. The van der Waals surface area contributed by atoms with E-state index >= 15 is 0 Å². The predicted octanol–water partition coefficient (Wildman–Crippen LogP) is 4.42. The fourth-order valence-corrected chi connectivity index (χ4v) is 1.89. The van der Waals surface area contributed by atoms with Gasteiger partial charge in [0.05, 0.1) is 18.3 Å². The standard InChI is InChI=1S/C18H26O3/c1-4-15(3)20-12-10-16(5-2)11-13-21-18-9-7-6-8-17(18)14-19/h6-9,11,14-15H,4-5,10,12-13H2,1-3H3. The molecule has 0 aliphatic carbocycles. The van der Waals surface area contributed by atoms with Crippen LogP contribution in [0.3, 0.4) is 0 Å². The Morgan fingerprint density at radius 3 is 2.71 bits per heavy atom. The first-order valence-corrected chi connectivity index (χ1v) is 7.67. The number of aldehydes is 1. The van der Waals surface area contributed by atoms with Crippen molar-refractivity contribution >= 4 is 6.29 Å². The average Bonchev–Trinajstić information content (AvgIpc) is 2.53. The summed E-state index contributed by atoms with van der Waals surface area (Å²) >= 11 is 0. The highest BCUT2D eigenvalue weighted by atomic mass is 16.5. The van der Waals surface area contributed by atoms with E-state index in [9.17, 15) is 4.79 Å². The number of benzene rings is 1. The fourth-order valence-electron chi connectivity index (χ4n) is 1.89. The van der Waals surface area contributed by atoms with Gasteiger partial charge in [-0.05, 0) is 44.4 Å². The summed E-state index contributed by atoms with van der Waals surface area (Å²) in [4.78, 5) is 10.9. The minimum Gasteiger partial charge on any atom is -0.489 e. The summed E-state index contributed by atoms with van der Waals surface area (Å²) in [6, 6.07) is 7.27. The van der Waals surface area contributed by atoms with Gasteiger partial charge in [-0.25, -0.2) is 0 Å². The van der Waals surface area contributed by atoms with E-state index in [4.69, 9.17) is 9.47 Å². The molecule has 0 spiro atoms. The van der Waals surface area contributed by atoms with E-state index in [2.05, 4.69) is 26.8 Å². The molecule has 0 N–H and O–H groups in total. The molecule has 0 heterocycles. The van der Waals surface area contributed by atoms with Gasteiger partial charge in [0.1, 0.15) is 12.4 Å². The zero-order valence-corrected chi connectivity index (χ0v) is 13.3. The maximum atomic E-state index is 10.9. The number of hydrogen-bond donors (Lipinski definition) is 0. The molecule has 1 rings (SSSR count). The molecule has 1 unspecified atom stereocenters. The molecule has 1 atom stereocenters. The molecular weight excluding hydrogens is 264 g/mol. The summed E-state index contributed by atoms with van der Waals surface area (Å²) in [5, 5.41) is 0. The Bertz CT molecular complexity index is 452. The molecule has 3 heteroatoms. The largest absolute Gasteiger partial charge is 0.489 e. The van der Waals surface area contributed by atoms with E-state index in [1.165, 1.54) is 5.57 Å². The molecule has 1 aromatic carbocycles. The van der Waals surface area contributed by atoms with Gasteiger partial charge in [0.2, 0.25) is 0 Å². The second kappa shape index (κ2) is 10.2. The van der Waals surface area contributed by atoms with E-state index in [0.717, 1.165) is 32.2 Å². The van der Waals surface area contributed by atoms with Crippen molar-refractivity contribution in [1.82, 2.24) is 0 Å². The second-order valence-corrected chi connectivity index (χ2v) is 5.02. The Morgan fingerprint density at radius 2 is 2.05 bits per heavy atom. The van der Waals surface area contributed by atoms with Crippen LogP contribution in [-0.2, 0) is 4.74 Å². The molecule has 0 amide bonds. The smallest absolute Gasteiger partial charge is 0.153 e. The van der Waals surface area contributed by atoms with Crippen molar-refractivity contribution in [2.45, 2.75) is 46.1 Å². The third-order valence-corrected chi connectivity index (χ3v) is 3.51. The van der Waals surface area contributed by atoms with E-state index in [0.29, 0.717) is 24.0 Å². The minimum absolute atomic E-state index is 0.318. The summed E-state index contributed by atoms with van der Waals surface area (Å²) < 4.78 is 11.4. The highest BCUT2D eigenvalue weighted by molar-refractivity contribution is 5.79. The molecule has 0 saturated heterocycles. The first-order chi connectivity index (χ1) is 10.2. The quantitative estimate of drug-likeness (QED) is 0.472. The van der Waals surface area contributed by atoms with Gasteiger partial charge in [0.15, 0.2) is 6.29 Å². The highest BCUT2D eigenvalue weighted by Crippen LogP contribution is 2.16. The highest BCUT2D eigenvalue weighted by Gasteiger charge is 2.02. The number of ether oxygens (including phenoxy) is 2. The Labute approximate surface area is 128 Å². The summed E-state index contributed by atoms with van der Waals surface area (Å²) in [6.07, 6.45) is 6.18. The normalized spacial score (nSPS) is 13.0. The SMILES string of the molecule is CCC(=CCOc1ccccc1C=O)CCOC(C)CC. The first kappa shape index (κ1) is 17.4. The number of carbonyl (C=O) groups excluding carboxylic acids is 1. The monoisotopic (exact) mass is 290 g/mol. The van der Waals surface area contributed by atoms with Gasteiger partial charge in [-0.15, -0.1) is 0 Å². The van der Waals surface area contributed by atoms with Gasteiger partial charge in [0.25, 0.3) is 0 Å². The summed E-state index contributed by atoms with van der Waals surface area (Å²) in [6.45, 7) is 7.58. The van der Waals surface area contributed by atoms with Crippen LogP contribution in [0.25, 0.3) is 0 Å². The Balaban J connectivity index is 2.43. The maximum absolute atomic E-state index is 10.9. The molecule has 0 aliphatic heterocycles. The van der Waals surface area contributed by atoms with Gasteiger partial charge in [0, 0.05) is 0 Å². The molecule has 116 valence electrons. The Morgan fingerprint density at radius 1 is 1.29 bits per heavy atom. The van der Waals surface area contributed by atoms with Crippen LogP contribution in [0.1, 0.15) is 50.4 Å². The van der Waals surface area contributed by atoms with Crippen LogP contribution < -0.4 is 4.74 Å². The van der Waals surface area contributed by atoms with Gasteiger partial charge in [-0.2, -0.15) is 0 Å². The Kier molecular flexibility index (Phi) is 8.44. The topological polar surface area (TPSA) is 35.5 Å². The lowest BCUT2D eigenvalue weighted by molar-refractivity contribution is 0.0656. The maximum Gasteiger partial charge on any atom is 0.153 e. The molecule has 0 saturated carbocycles. The van der Waals surface area contributed by atoms with Crippen molar-refractivity contribution in [2.24, 2.45) is 0 Å². The summed E-state index contributed by atoms with van der Waals surface area (Å²) in [7, 11) is 0. The lowest BCUT2D eigenvalue weighted by atomic mass is 10.1. The number of para-hydroxylation sites is 1. The molecule has 3 nitrogen and oxygen atoms in total. The molecule has 0 bridgehead atoms. The van der Waals surface area contributed by atoms with E-state index in [-0.39, 0.29) is 0 Å². The third kappa shape index (κ3) is 6.58. The number of hydrogen-bond acceptors (Lipinski definition) is 3. The van der Waals surface area contributed by atoms with Gasteiger partial charge in [-0.1, -0.05) is 31.6 Å². The predicted molar refractivity (Wildman–Crippen MR) is 86.0 cm³/mol. The zero-order valence-electron chi connectivity index (χ0n) is 13.3. The lowest BCUT2D eigenvalue weighted by Gasteiger charge is -2.12. The molecular formula is C18H26O3. The van der Waals surface area contributed by atoms with Crippen molar-refractivity contribution in [1.29, 1.82) is 0 Å². The van der Waals surface area contributed by atoms with Crippen molar-refractivity contribution in [2.75, 3.05) is 13.2 Å². The van der Waals surface area contributed by atoms with Crippen molar-refractivity contribution in [3.8, 4) is 5.75 Å². The van der Waals surface area contributed by atoms with E-state index in [1.54, 1.807) is 6.07 Å². The average molecular weight is 290 g/mol. The fraction of sp³-hybridized carbons (Fsp3) is 0.500. The molecule has 21 heavy (non-hydrogen) atoms. The van der Waals surface area contributed by atoms with Crippen LogP contribution in [0.15, 0.2) is 35.9 Å². The molecule has 0 aliphatic rings. The third-order valence-electron chi connectivity index (χ3n) is 3.51. The summed E-state index contributed by atoms with van der Waals surface area (Å²) in [5.41, 5.74) is 1.91. The number of carbonyl (C=O) groups is 1. The van der Waals surface area contributed by atoms with E-state index in [1.807, 2.05) is 18.2 Å². The van der Waals surface area contributed by atoms with E-state index < -0.39 is 0 Å². The molecule has 0 radical (unpaired) electrons. The van der Waals surface area contributed by atoms with Crippen LogP contribution in [0.4, 0.5) is 0 Å². The van der Waals surface area contributed by atoms with Crippen LogP contribution in [-0.4, -0.2) is 25.6 Å². The Hall–Kier alpha value is -1.61. The molecule has 1 aromatic rings. The summed E-state index contributed by atoms with van der Waals surface area (Å²) in [5.74, 6) is 0.634. The lowest BCUT2D eigenvalue weighted by Crippen LogP contribution is -2.08. The van der Waals surface area contributed by atoms with Crippen molar-refractivity contribution in [3.05, 3.63) is 41.5 Å². The van der Waals surface area contributed by atoms with Crippen LogP contribution in [0, 0.1) is 0 Å². The van der Waals surface area contributed by atoms with Crippen molar-refractivity contribution in [3.63, 3.8) is 0 Å². The van der Waals surface area contributed by atoms with Crippen LogP contribution >= 0.6 is 0 Å². The van der Waals surface area contributed by atoms with Gasteiger partial charge in [-0.3, -0.25) is 4.79 Å². The van der Waals surface area contributed by atoms with Crippen LogP contribution in [0.5, 0.6) is 5.75 Å². The second-order valence-electron chi connectivity index (χ2n) is 5.02. The minimum atomic E-state index is 0.318. The molecule has 0 fully saturated rings. The van der Waals surface area contributed by atoms with Gasteiger partial charge >= 0.3 is 0 Å². The number of rotatable bonds is 10. The van der Waals surface area contributed by atoms with Crippen molar-refractivity contribution < 1.29 is 14.3 Å². The van der Waals surface area contributed by atoms with Crippen LogP contribution in [0.2, 0.25) is 0 Å².